The van der Waals surface area contributed by atoms with Gasteiger partial charge in [0.25, 0.3) is 0 Å². The maximum atomic E-state index is 5.92. The van der Waals surface area contributed by atoms with Gasteiger partial charge in [-0.15, -0.1) is 11.8 Å². The molecule has 19 heavy (non-hydrogen) atoms. The van der Waals surface area contributed by atoms with E-state index in [1.54, 1.807) is 0 Å². The van der Waals surface area contributed by atoms with Gasteiger partial charge in [-0.25, -0.2) is 0 Å². The molecule has 0 amide bonds. The third-order valence-electron chi connectivity index (χ3n) is 3.67. The summed E-state index contributed by atoms with van der Waals surface area (Å²) in [5.74, 6) is 1.82. The Hall–Kier alpha value is -1.19. The Bertz CT molecular complexity index is 559. The molecule has 2 N–H and O–H groups in total. The standard InChI is InChI=1S/C16H20N2S/c1-12(17)9-14-5-4-8-18(14)10-13-11-19-16-7-3-2-6-15(13)16/h2-8,12-13H,9-11,17H2,1H3. The van der Waals surface area contributed by atoms with Crippen molar-refractivity contribution in [3.63, 3.8) is 0 Å². The highest BCUT2D eigenvalue weighted by molar-refractivity contribution is 7.99. The molecule has 2 unspecified atom stereocenters. The zero-order valence-electron chi connectivity index (χ0n) is 11.3. The van der Waals surface area contributed by atoms with Crippen molar-refractivity contribution in [3.05, 3.63) is 53.9 Å². The van der Waals surface area contributed by atoms with Crippen LogP contribution in [0.3, 0.4) is 0 Å². The van der Waals surface area contributed by atoms with Crippen molar-refractivity contribution in [2.45, 2.75) is 36.7 Å². The summed E-state index contributed by atoms with van der Waals surface area (Å²) in [4.78, 5) is 1.45. The fraction of sp³-hybridized carbons (Fsp3) is 0.375. The van der Waals surface area contributed by atoms with E-state index in [2.05, 4.69) is 54.1 Å². The van der Waals surface area contributed by atoms with Gasteiger partial charge in [-0.1, -0.05) is 18.2 Å². The molecule has 1 aromatic heterocycles. The van der Waals surface area contributed by atoms with Crippen LogP contribution < -0.4 is 5.73 Å². The molecule has 3 heteroatoms. The molecule has 1 aliphatic heterocycles. The van der Waals surface area contributed by atoms with Crippen LogP contribution in [-0.4, -0.2) is 16.4 Å². The van der Waals surface area contributed by atoms with Gasteiger partial charge in [-0.05, 0) is 30.7 Å². The van der Waals surface area contributed by atoms with Crippen molar-refractivity contribution in [2.75, 3.05) is 5.75 Å². The summed E-state index contributed by atoms with van der Waals surface area (Å²) in [5.41, 5.74) is 8.78. The van der Waals surface area contributed by atoms with Crippen molar-refractivity contribution < 1.29 is 0 Å². The van der Waals surface area contributed by atoms with Crippen LogP contribution in [0.1, 0.15) is 24.1 Å². The van der Waals surface area contributed by atoms with Gasteiger partial charge >= 0.3 is 0 Å². The first-order chi connectivity index (χ1) is 9.24. The molecule has 2 atom stereocenters. The SMILES string of the molecule is CC(N)Cc1cccn1CC1CSc2ccccc21. The fourth-order valence-electron chi connectivity index (χ4n) is 2.76. The molecule has 0 fully saturated rings. The van der Waals surface area contributed by atoms with Crippen LogP contribution in [0.25, 0.3) is 0 Å². The molecule has 0 radical (unpaired) electrons. The first-order valence-corrected chi connectivity index (χ1v) is 7.84. The van der Waals surface area contributed by atoms with Crippen molar-refractivity contribution in [2.24, 2.45) is 5.73 Å². The molecular formula is C16H20N2S. The lowest BCUT2D eigenvalue weighted by molar-refractivity contribution is 0.571. The second-order valence-electron chi connectivity index (χ2n) is 5.38. The maximum absolute atomic E-state index is 5.92. The third kappa shape index (κ3) is 2.72. The van der Waals surface area contributed by atoms with Gasteiger partial charge in [0.05, 0.1) is 0 Å². The number of benzene rings is 1. The van der Waals surface area contributed by atoms with Gasteiger partial charge in [0.2, 0.25) is 0 Å². The van der Waals surface area contributed by atoms with E-state index >= 15 is 0 Å². The van der Waals surface area contributed by atoms with Gasteiger partial charge in [0.15, 0.2) is 0 Å². The lowest BCUT2D eigenvalue weighted by Crippen LogP contribution is -2.20. The van der Waals surface area contributed by atoms with Gasteiger partial charge in [0, 0.05) is 47.5 Å². The van der Waals surface area contributed by atoms with Crippen molar-refractivity contribution in [3.8, 4) is 0 Å². The molecule has 2 nitrogen and oxygen atoms in total. The van der Waals surface area contributed by atoms with Gasteiger partial charge in [0.1, 0.15) is 0 Å². The predicted octanol–water partition coefficient (Wildman–Crippen LogP) is 3.27. The van der Waals surface area contributed by atoms with E-state index in [1.165, 1.54) is 21.9 Å². The first kappa shape index (κ1) is 12.8. The molecule has 0 aliphatic carbocycles. The minimum Gasteiger partial charge on any atom is -0.351 e. The number of nitrogens with two attached hydrogens (primary N) is 1. The van der Waals surface area contributed by atoms with Crippen molar-refractivity contribution >= 4 is 11.8 Å². The van der Waals surface area contributed by atoms with Crippen LogP contribution in [0.4, 0.5) is 0 Å². The summed E-state index contributed by atoms with van der Waals surface area (Å²) in [7, 11) is 0. The highest BCUT2D eigenvalue weighted by Crippen LogP contribution is 2.40. The van der Waals surface area contributed by atoms with E-state index < -0.39 is 0 Å². The molecule has 2 aromatic rings. The van der Waals surface area contributed by atoms with Crippen LogP contribution in [-0.2, 0) is 13.0 Å². The second kappa shape index (κ2) is 5.43. The largest absolute Gasteiger partial charge is 0.351 e. The second-order valence-corrected chi connectivity index (χ2v) is 6.44. The van der Waals surface area contributed by atoms with Crippen LogP contribution in [0.15, 0.2) is 47.5 Å². The number of hydrogen-bond donors (Lipinski definition) is 1. The zero-order valence-corrected chi connectivity index (χ0v) is 12.1. The van der Waals surface area contributed by atoms with E-state index in [0.717, 1.165) is 13.0 Å². The molecule has 100 valence electrons. The Kier molecular flexibility index (Phi) is 3.67. The zero-order chi connectivity index (χ0) is 13.2. The number of nitrogens with zero attached hydrogens (tertiary/aromatic N) is 1. The Morgan fingerprint density at radius 2 is 2.16 bits per heavy atom. The highest BCUT2D eigenvalue weighted by Gasteiger charge is 2.23. The monoisotopic (exact) mass is 272 g/mol. The fourth-order valence-corrected chi connectivity index (χ4v) is 4.00. The van der Waals surface area contributed by atoms with Crippen LogP contribution in [0.2, 0.25) is 0 Å². The summed E-state index contributed by atoms with van der Waals surface area (Å²) in [6, 6.07) is 13.3. The van der Waals surface area contributed by atoms with Crippen molar-refractivity contribution in [1.82, 2.24) is 4.57 Å². The number of rotatable bonds is 4. The highest BCUT2D eigenvalue weighted by atomic mass is 32.2. The summed E-state index contributed by atoms with van der Waals surface area (Å²) in [5, 5.41) is 0. The average molecular weight is 272 g/mol. The Labute approximate surface area is 119 Å². The summed E-state index contributed by atoms with van der Waals surface area (Å²) in [6.07, 6.45) is 3.14. The number of fused-ring (bicyclic) bond motifs is 1. The van der Waals surface area contributed by atoms with E-state index in [9.17, 15) is 0 Å². The molecule has 3 rings (SSSR count). The lowest BCUT2D eigenvalue weighted by Gasteiger charge is -2.16. The van der Waals surface area contributed by atoms with Crippen LogP contribution >= 0.6 is 11.8 Å². The molecule has 0 saturated heterocycles. The molecule has 0 spiro atoms. The summed E-state index contributed by atoms with van der Waals surface area (Å²) in [6.45, 7) is 3.14. The quantitative estimate of drug-likeness (QED) is 0.926. The van der Waals surface area contributed by atoms with E-state index in [1.807, 2.05) is 11.8 Å². The maximum Gasteiger partial charge on any atom is 0.0299 e. The molecule has 0 bridgehead atoms. The smallest absolute Gasteiger partial charge is 0.0299 e. The van der Waals surface area contributed by atoms with Crippen LogP contribution in [0.5, 0.6) is 0 Å². The van der Waals surface area contributed by atoms with Gasteiger partial charge in [-0.2, -0.15) is 0 Å². The lowest BCUT2D eigenvalue weighted by atomic mass is 10.0. The van der Waals surface area contributed by atoms with E-state index in [4.69, 9.17) is 5.73 Å². The normalized spacial score (nSPS) is 19.4. The number of aromatic nitrogens is 1. The Morgan fingerprint density at radius 1 is 1.32 bits per heavy atom. The van der Waals surface area contributed by atoms with Gasteiger partial charge in [-0.3, -0.25) is 0 Å². The topological polar surface area (TPSA) is 30.9 Å². The Morgan fingerprint density at radius 3 is 3.00 bits per heavy atom. The average Bonchev–Trinajstić information content (AvgIpc) is 2.98. The predicted molar refractivity (Wildman–Crippen MR) is 81.7 cm³/mol. The minimum atomic E-state index is 0.221. The minimum absolute atomic E-state index is 0.221. The molecule has 1 aliphatic rings. The van der Waals surface area contributed by atoms with E-state index in [0.29, 0.717) is 5.92 Å². The molecule has 1 aromatic carbocycles. The molecule has 2 heterocycles. The Balaban J connectivity index is 1.78. The first-order valence-electron chi connectivity index (χ1n) is 6.85. The van der Waals surface area contributed by atoms with Gasteiger partial charge < -0.3 is 10.3 Å². The summed E-state index contributed by atoms with van der Waals surface area (Å²) >= 11 is 1.98. The van der Waals surface area contributed by atoms with Crippen LogP contribution in [0, 0.1) is 0 Å². The summed E-state index contributed by atoms with van der Waals surface area (Å²) < 4.78 is 2.37. The number of hydrogen-bond acceptors (Lipinski definition) is 2. The third-order valence-corrected chi connectivity index (χ3v) is 4.92. The van der Waals surface area contributed by atoms with E-state index in [-0.39, 0.29) is 6.04 Å². The van der Waals surface area contributed by atoms with Crippen molar-refractivity contribution in [1.29, 1.82) is 0 Å². The number of thioether (sulfide) groups is 1. The molecule has 0 saturated carbocycles. The molecular weight excluding hydrogens is 252 g/mol.